The molecule has 2 aromatic heterocycles. The molecule has 4 aromatic rings. The quantitative estimate of drug-likeness (QED) is 0.399. The maximum atomic E-state index is 13.2. The van der Waals surface area contributed by atoms with Gasteiger partial charge in [0.15, 0.2) is 0 Å². The summed E-state index contributed by atoms with van der Waals surface area (Å²) >= 11 is 0. The minimum atomic E-state index is -0.255. The Morgan fingerprint density at radius 2 is 1.62 bits per heavy atom. The highest BCUT2D eigenvalue weighted by Crippen LogP contribution is 2.28. The number of nitrogens with zero attached hydrogens (tertiary/aromatic N) is 3. The summed E-state index contributed by atoms with van der Waals surface area (Å²) in [6.07, 6.45) is 8.27. The molecule has 174 valence electrons. The van der Waals surface area contributed by atoms with Crippen molar-refractivity contribution >= 4 is 17.0 Å². The van der Waals surface area contributed by atoms with Crippen molar-refractivity contribution in [3.05, 3.63) is 94.7 Å². The summed E-state index contributed by atoms with van der Waals surface area (Å²) in [7, 11) is 0. The molecule has 1 N–H and O–H groups in total. The molecule has 0 amide bonds. The highest BCUT2D eigenvalue weighted by Gasteiger charge is 2.23. The van der Waals surface area contributed by atoms with E-state index < -0.39 is 0 Å². The highest BCUT2D eigenvalue weighted by molar-refractivity contribution is 6.01. The van der Waals surface area contributed by atoms with E-state index >= 15 is 0 Å². The Balaban J connectivity index is 1.54. The minimum Gasteiger partial charge on any atom is -0.494 e. The van der Waals surface area contributed by atoms with Crippen molar-refractivity contribution in [1.29, 1.82) is 0 Å². The summed E-state index contributed by atoms with van der Waals surface area (Å²) in [4.78, 5) is 20.4. The number of para-hydroxylation sites is 1. The zero-order chi connectivity index (χ0) is 23.3. The topological polar surface area (TPSA) is 71.0 Å². The Kier molecular flexibility index (Phi) is 6.58. The second kappa shape index (κ2) is 10.1. The van der Waals surface area contributed by atoms with Crippen molar-refractivity contribution < 1.29 is 9.52 Å². The van der Waals surface area contributed by atoms with Crippen LogP contribution < -0.4 is 5.56 Å². The van der Waals surface area contributed by atoms with Crippen LogP contribution >= 0.6 is 0 Å². The highest BCUT2D eigenvalue weighted by atomic mass is 16.3. The van der Waals surface area contributed by atoms with Gasteiger partial charge in [0.2, 0.25) is 5.88 Å². The van der Waals surface area contributed by atoms with E-state index in [1.54, 1.807) is 18.5 Å². The van der Waals surface area contributed by atoms with Crippen molar-refractivity contribution in [3.8, 4) is 11.6 Å². The van der Waals surface area contributed by atoms with E-state index in [-0.39, 0.29) is 17.5 Å². The van der Waals surface area contributed by atoms with Gasteiger partial charge < -0.3 is 9.52 Å². The van der Waals surface area contributed by atoms with Crippen LogP contribution in [0.3, 0.4) is 0 Å². The Morgan fingerprint density at radius 3 is 2.32 bits per heavy atom. The number of aromatic nitrogens is 1. The van der Waals surface area contributed by atoms with E-state index in [0.717, 1.165) is 18.8 Å². The van der Waals surface area contributed by atoms with Gasteiger partial charge in [0.1, 0.15) is 5.76 Å². The van der Waals surface area contributed by atoms with Gasteiger partial charge >= 0.3 is 0 Å². The summed E-state index contributed by atoms with van der Waals surface area (Å²) in [5.41, 5.74) is 0.894. The molecule has 6 heteroatoms. The summed E-state index contributed by atoms with van der Waals surface area (Å²) in [5, 5.41) is 12.4. The maximum Gasteiger partial charge on any atom is 0.265 e. The summed E-state index contributed by atoms with van der Waals surface area (Å²) in [6.45, 7) is 2.55. The molecular formula is C28H29N3O3. The van der Waals surface area contributed by atoms with Crippen LogP contribution in [0.5, 0.6) is 5.88 Å². The molecule has 0 bridgehead atoms. The van der Waals surface area contributed by atoms with E-state index in [1.165, 1.54) is 30.3 Å². The third-order valence-electron chi connectivity index (χ3n) is 6.57. The molecule has 1 fully saturated rings. The van der Waals surface area contributed by atoms with Crippen LogP contribution in [0.4, 0.5) is 0 Å². The number of likely N-dealkylation sites (tertiary alicyclic amines) is 1. The van der Waals surface area contributed by atoms with Gasteiger partial charge in [0, 0.05) is 17.0 Å². The summed E-state index contributed by atoms with van der Waals surface area (Å²) in [5.74, 6) is 0.797. The Morgan fingerprint density at radius 1 is 0.912 bits per heavy atom. The van der Waals surface area contributed by atoms with Gasteiger partial charge in [-0.05, 0) is 56.3 Å². The molecule has 34 heavy (non-hydrogen) atoms. The van der Waals surface area contributed by atoms with Crippen LogP contribution in [0.15, 0.2) is 87.2 Å². The first-order valence-electron chi connectivity index (χ1n) is 11.9. The van der Waals surface area contributed by atoms with Crippen LogP contribution in [-0.2, 0) is 0 Å². The molecule has 1 saturated heterocycles. The first-order valence-corrected chi connectivity index (χ1v) is 11.9. The van der Waals surface area contributed by atoms with Gasteiger partial charge in [0.25, 0.3) is 5.56 Å². The fraction of sp³-hybridized carbons (Fsp3) is 0.286. The third kappa shape index (κ3) is 4.41. The standard InChI is InChI=1S/C28H29N3O3/c32-27-23-14-7-6-13-22(23)24(28(33)31(27)21-11-4-3-5-12-21)19-29-20-25(26-15-10-18-34-26)30-16-8-1-2-9-17-30/h3-7,10-15,18-19,25,33H,1-2,8-9,16-17,20H2. The van der Waals surface area contributed by atoms with Gasteiger partial charge in [-0.25, -0.2) is 4.57 Å². The third-order valence-corrected chi connectivity index (χ3v) is 6.57. The molecule has 0 radical (unpaired) electrons. The molecule has 0 spiro atoms. The molecule has 6 nitrogen and oxygen atoms in total. The lowest BCUT2D eigenvalue weighted by Gasteiger charge is -2.27. The van der Waals surface area contributed by atoms with E-state index in [0.29, 0.717) is 28.6 Å². The van der Waals surface area contributed by atoms with Crippen molar-refractivity contribution in [2.75, 3.05) is 19.6 Å². The zero-order valence-corrected chi connectivity index (χ0v) is 19.1. The Bertz CT molecular complexity index is 1320. The molecule has 1 aliphatic heterocycles. The number of pyridine rings is 1. The molecule has 3 heterocycles. The first kappa shape index (κ1) is 22.2. The van der Waals surface area contributed by atoms with Crippen molar-refractivity contribution in [2.24, 2.45) is 4.99 Å². The van der Waals surface area contributed by atoms with Gasteiger partial charge in [-0.3, -0.25) is 14.7 Å². The Hall–Kier alpha value is -3.64. The van der Waals surface area contributed by atoms with E-state index in [4.69, 9.17) is 9.41 Å². The van der Waals surface area contributed by atoms with Crippen molar-refractivity contribution in [2.45, 2.75) is 31.7 Å². The number of aromatic hydroxyl groups is 1. The monoisotopic (exact) mass is 455 g/mol. The number of rotatable bonds is 6. The second-order valence-electron chi connectivity index (χ2n) is 8.73. The molecule has 0 aliphatic carbocycles. The fourth-order valence-corrected chi connectivity index (χ4v) is 4.82. The van der Waals surface area contributed by atoms with Crippen LogP contribution in [0.2, 0.25) is 0 Å². The van der Waals surface area contributed by atoms with Crippen LogP contribution in [0.25, 0.3) is 16.5 Å². The molecule has 5 rings (SSSR count). The molecule has 2 aromatic carbocycles. The SMILES string of the molecule is O=c1c2ccccc2c(C=NCC(c2ccco2)N2CCCCCC2)c(O)n1-c1ccccc1. The molecule has 1 unspecified atom stereocenters. The average molecular weight is 456 g/mol. The van der Waals surface area contributed by atoms with Crippen LogP contribution in [0, 0.1) is 0 Å². The number of furan rings is 1. The molecular weight excluding hydrogens is 426 g/mol. The van der Waals surface area contributed by atoms with Gasteiger partial charge in [-0.2, -0.15) is 0 Å². The number of fused-ring (bicyclic) bond motifs is 1. The van der Waals surface area contributed by atoms with Crippen LogP contribution in [-0.4, -0.2) is 40.4 Å². The summed E-state index contributed by atoms with van der Waals surface area (Å²) < 4.78 is 7.12. The van der Waals surface area contributed by atoms with Gasteiger partial charge in [-0.1, -0.05) is 49.2 Å². The second-order valence-corrected chi connectivity index (χ2v) is 8.73. The smallest absolute Gasteiger partial charge is 0.265 e. The molecule has 1 atom stereocenters. The minimum absolute atomic E-state index is 0.0396. The molecule has 1 aliphatic rings. The number of benzene rings is 2. The number of hydrogen-bond donors (Lipinski definition) is 1. The predicted octanol–water partition coefficient (Wildman–Crippen LogP) is 5.33. The molecule has 0 saturated carbocycles. The first-order chi connectivity index (χ1) is 16.7. The Labute approximate surface area is 198 Å². The normalized spacial score (nSPS) is 16.1. The predicted molar refractivity (Wildman–Crippen MR) is 135 cm³/mol. The van der Waals surface area contributed by atoms with Gasteiger partial charge in [-0.15, -0.1) is 0 Å². The average Bonchev–Trinajstić information content (AvgIpc) is 3.27. The van der Waals surface area contributed by atoms with Crippen molar-refractivity contribution in [1.82, 2.24) is 9.47 Å². The lowest BCUT2D eigenvalue weighted by molar-refractivity contribution is 0.186. The number of hydrogen-bond acceptors (Lipinski definition) is 5. The van der Waals surface area contributed by atoms with Crippen molar-refractivity contribution in [3.63, 3.8) is 0 Å². The maximum absolute atomic E-state index is 13.2. The van der Waals surface area contributed by atoms with Crippen LogP contribution in [0.1, 0.15) is 43.0 Å². The largest absolute Gasteiger partial charge is 0.494 e. The zero-order valence-electron chi connectivity index (χ0n) is 19.1. The van der Waals surface area contributed by atoms with E-state index in [9.17, 15) is 9.90 Å². The lowest BCUT2D eigenvalue weighted by Crippen LogP contribution is -2.31. The summed E-state index contributed by atoms with van der Waals surface area (Å²) in [6, 6.07) is 20.5. The lowest BCUT2D eigenvalue weighted by atomic mass is 10.1. The fourth-order valence-electron chi connectivity index (χ4n) is 4.82. The van der Waals surface area contributed by atoms with E-state index in [2.05, 4.69) is 4.90 Å². The number of aliphatic imine (C=N–C) groups is 1. The van der Waals surface area contributed by atoms with Gasteiger partial charge in [0.05, 0.1) is 30.1 Å². The van der Waals surface area contributed by atoms with E-state index in [1.807, 2.05) is 60.7 Å².